The summed E-state index contributed by atoms with van der Waals surface area (Å²) in [6, 6.07) is 0.698. The second kappa shape index (κ2) is 4.41. The molecule has 0 aliphatic carbocycles. The van der Waals surface area contributed by atoms with Gasteiger partial charge in [0.15, 0.2) is 0 Å². The predicted molar refractivity (Wildman–Crippen MR) is 55.1 cm³/mol. The molecule has 0 aromatic carbocycles. The standard InChI is InChI=1S/C9H17N5/c1-14-9(7-12-13-14)11-6-4-8-3-2-5-10-8/h7-8,10-11H,2-6H2,1H3/t8-/m0/s1. The largest absolute Gasteiger partial charge is 0.369 e. The van der Waals surface area contributed by atoms with Crippen molar-refractivity contribution in [2.75, 3.05) is 18.4 Å². The maximum absolute atomic E-state index is 3.86. The van der Waals surface area contributed by atoms with Crippen LogP contribution < -0.4 is 10.6 Å². The third-order valence-corrected chi connectivity index (χ3v) is 2.68. The van der Waals surface area contributed by atoms with Gasteiger partial charge in [0.2, 0.25) is 0 Å². The van der Waals surface area contributed by atoms with Gasteiger partial charge in [-0.1, -0.05) is 5.21 Å². The third kappa shape index (κ3) is 2.23. The van der Waals surface area contributed by atoms with E-state index in [2.05, 4.69) is 20.9 Å². The van der Waals surface area contributed by atoms with E-state index in [1.54, 1.807) is 10.9 Å². The van der Waals surface area contributed by atoms with Gasteiger partial charge in [-0.3, -0.25) is 0 Å². The molecule has 1 saturated heterocycles. The van der Waals surface area contributed by atoms with Gasteiger partial charge in [0.1, 0.15) is 5.82 Å². The molecule has 0 amide bonds. The molecular formula is C9H17N5. The van der Waals surface area contributed by atoms with Crippen molar-refractivity contribution in [1.29, 1.82) is 0 Å². The van der Waals surface area contributed by atoms with Gasteiger partial charge in [-0.2, -0.15) is 0 Å². The second-order valence-electron chi connectivity index (χ2n) is 3.75. The highest BCUT2D eigenvalue weighted by molar-refractivity contribution is 5.30. The number of hydrogen-bond acceptors (Lipinski definition) is 4. The van der Waals surface area contributed by atoms with Crippen LogP contribution >= 0.6 is 0 Å². The molecule has 0 bridgehead atoms. The molecule has 5 heteroatoms. The molecule has 1 aromatic rings. The van der Waals surface area contributed by atoms with Crippen molar-refractivity contribution in [3.8, 4) is 0 Å². The van der Waals surface area contributed by atoms with Gasteiger partial charge in [-0.15, -0.1) is 5.10 Å². The summed E-state index contributed by atoms with van der Waals surface area (Å²) in [6.07, 6.45) is 5.55. The Balaban J connectivity index is 1.70. The molecule has 1 aromatic heterocycles. The van der Waals surface area contributed by atoms with Crippen molar-refractivity contribution in [2.45, 2.75) is 25.3 Å². The lowest BCUT2D eigenvalue weighted by Gasteiger charge is -2.10. The minimum atomic E-state index is 0.698. The fourth-order valence-corrected chi connectivity index (χ4v) is 1.83. The van der Waals surface area contributed by atoms with Crippen molar-refractivity contribution >= 4 is 5.82 Å². The number of anilines is 1. The molecule has 0 spiro atoms. The summed E-state index contributed by atoms with van der Waals surface area (Å²) in [4.78, 5) is 0. The number of aromatic nitrogens is 3. The van der Waals surface area contributed by atoms with E-state index in [4.69, 9.17) is 0 Å². The highest BCUT2D eigenvalue weighted by atomic mass is 15.4. The van der Waals surface area contributed by atoms with Crippen molar-refractivity contribution < 1.29 is 0 Å². The van der Waals surface area contributed by atoms with E-state index >= 15 is 0 Å². The minimum Gasteiger partial charge on any atom is -0.369 e. The van der Waals surface area contributed by atoms with E-state index < -0.39 is 0 Å². The van der Waals surface area contributed by atoms with Crippen molar-refractivity contribution in [3.05, 3.63) is 6.20 Å². The Hall–Kier alpha value is -1.10. The molecule has 2 heterocycles. The molecule has 1 fully saturated rings. The zero-order valence-electron chi connectivity index (χ0n) is 8.53. The third-order valence-electron chi connectivity index (χ3n) is 2.68. The Morgan fingerprint density at radius 1 is 1.71 bits per heavy atom. The van der Waals surface area contributed by atoms with Crippen LogP contribution in [0.1, 0.15) is 19.3 Å². The first-order chi connectivity index (χ1) is 6.86. The number of rotatable bonds is 4. The van der Waals surface area contributed by atoms with E-state index in [0.717, 1.165) is 12.4 Å². The van der Waals surface area contributed by atoms with E-state index in [1.165, 1.54) is 25.8 Å². The molecule has 14 heavy (non-hydrogen) atoms. The first-order valence-corrected chi connectivity index (χ1v) is 5.18. The molecule has 1 aliphatic rings. The Morgan fingerprint density at radius 3 is 3.29 bits per heavy atom. The predicted octanol–water partition coefficient (Wildman–Crippen LogP) is 0.369. The second-order valence-corrected chi connectivity index (χ2v) is 3.75. The van der Waals surface area contributed by atoms with Crippen LogP contribution in [0.3, 0.4) is 0 Å². The first-order valence-electron chi connectivity index (χ1n) is 5.18. The minimum absolute atomic E-state index is 0.698. The summed E-state index contributed by atoms with van der Waals surface area (Å²) in [5.41, 5.74) is 0. The zero-order chi connectivity index (χ0) is 9.80. The van der Waals surface area contributed by atoms with Gasteiger partial charge in [-0.25, -0.2) is 4.68 Å². The van der Waals surface area contributed by atoms with Crippen LogP contribution in [0, 0.1) is 0 Å². The maximum atomic E-state index is 3.86. The smallest absolute Gasteiger partial charge is 0.144 e. The van der Waals surface area contributed by atoms with Crippen LogP contribution in [0.25, 0.3) is 0 Å². The van der Waals surface area contributed by atoms with E-state index in [9.17, 15) is 0 Å². The van der Waals surface area contributed by atoms with Crippen LogP contribution in [-0.2, 0) is 7.05 Å². The summed E-state index contributed by atoms with van der Waals surface area (Å²) in [7, 11) is 1.89. The topological polar surface area (TPSA) is 54.8 Å². The van der Waals surface area contributed by atoms with Crippen molar-refractivity contribution in [3.63, 3.8) is 0 Å². The maximum Gasteiger partial charge on any atom is 0.144 e. The van der Waals surface area contributed by atoms with Crippen LogP contribution in [0.15, 0.2) is 6.20 Å². The summed E-state index contributed by atoms with van der Waals surface area (Å²) < 4.78 is 1.75. The summed E-state index contributed by atoms with van der Waals surface area (Å²) >= 11 is 0. The quantitative estimate of drug-likeness (QED) is 0.729. The van der Waals surface area contributed by atoms with Gasteiger partial charge >= 0.3 is 0 Å². The highest BCUT2D eigenvalue weighted by Gasteiger charge is 2.12. The molecular weight excluding hydrogens is 178 g/mol. The molecule has 5 nitrogen and oxygen atoms in total. The number of hydrogen-bond donors (Lipinski definition) is 2. The number of aryl methyl sites for hydroxylation is 1. The summed E-state index contributed by atoms with van der Waals surface area (Å²) in [5.74, 6) is 0.989. The highest BCUT2D eigenvalue weighted by Crippen LogP contribution is 2.09. The average molecular weight is 195 g/mol. The molecule has 1 atom stereocenters. The Bertz CT molecular complexity index is 276. The van der Waals surface area contributed by atoms with E-state index in [0.29, 0.717) is 6.04 Å². The number of nitrogens with one attached hydrogen (secondary N) is 2. The molecule has 2 N–H and O–H groups in total. The lowest BCUT2D eigenvalue weighted by molar-refractivity contribution is 0.572. The molecule has 1 aliphatic heterocycles. The summed E-state index contributed by atoms with van der Waals surface area (Å²) in [5, 5.41) is 14.5. The zero-order valence-corrected chi connectivity index (χ0v) is 8.53. The monoisotopic (exact) mass is 195 g/mol. The van der Waals surface area contributed by atoms with E-state index in [1.807, 2.05) is 7.05 Å². The van der Waals surface area contributed by atoms with Crippen LogP contribution in [0.4, 0.5) is 5.82 Å². The molecule has 0 radical (unpaired) electrons. The fourth-order valence-electron chi connectivity index (χ4n) is 1.83. The van der Waals surface area contributed by atoms with E-state index in [-0.39, 0.29) is 0 Å². The Morgan fingerprint density at radius 2 is 2.64 bits per heavy atom. The average Bonchev–Trinajstić information content (AvgIpc) is 2.78. The molecule has 0 saturated carbocycles. The Labute approximate surface area is 83.9 Å². The number of nitrogens with zero attached hydrogens (tertiary/aromatic N) is 3. The fraction of sp³-hybridized carbons (Fsp3) is 0.778. The summed E-state index contributed by atoms with van der Waals surface area (Å²) in [6.45, 7) is 2.16. The van der Waals surface area contributed by atoms with Crippen molar-refractivity contribution in [2.24, 2.45) is 7.05 Å². The Kier molecular flexibility index (Phi) is 2.98. The van der Waals surface area contributed by atoms with Gasteiger partial charge < -0.3 is 10.6 Å². The lowest BCUT2D eigenvalue weighted by Crippen LogP contribution is -2.24. The van der Waals surface area contributed by atoms with Crippen molar-refractivity contribution in [1.82, 2.24) is 20.3 Å². The van der Waals surface area contributed by atoms with Crippen LogP contribution in [0.5, 0.6) is 0 Å². The van der Waals surface area contributed by atoms with Gasteiger partial charge in [-0.05, 0) is 25.8 Å². The van der Waals surface area contributed by atoms with Gasteiger partial charge in [0.25, 0.3) is 0 Å². The lowest BCUT2D eigenvalue weighted by atomic mass is 10.1. The molecule has 0 unspecified atom stereocenters. The SMILES string of the molecule is Cn1nncc1NCC[C@@H]1CCCN1. The van der Waals surface area contributed by atoms with Gasteiger partial charge in [0, 0.05) is 19.6 Å². The normalized spacial score (nSPS) is 21.4. The molecule has 78 valence electrons. The van der Waals surface area contributed by atoms with Crippen LogP contribution in [-0.4, -0.2) is 34.1 Å². The first kappa shape index (κ1) is 9.45. The van der Waals surface area contributed by atoms with Crippen LogP contribution in [0.2, 0.25) is 0 Å². The molecule has 2 rings (SSSR count). The van der Waals surface area contributed by atoms with Gasteiger partial charge in [0.05, 0.1) is 6.20 Å².